The molecular formula is C33H38Cl2FN3O4. The summed E-state index contributed by atoms with van der Waals surface area (Å²) in [5, 5.41) is 3.28. The van der Waals surface area contributed by atoms with E-state index in [1.54, 1.807) is 25.1 Å². The van der Waals surface area contributed by atoms with E-state index in [2.05, 4.69) is 24.1 Å². The highest BCUT2D eigenvalue weighted by molar-refractivity contribution is 6.31. The number of nitrogens with one attached hydrogen (secondary N) is 1. The molecule has 5 atom stereocenters. The lowest BCUT2D eigenvalue weighted by atomic mass is 9.51. The first-order valence-electron chi connectivity index (χ1n) is 15.1. The Hall–Kier alpha value is -2.55. The highest BCUT2D eigenvalue weighted by Gasteiger charge is 2.72. The third-order valence-corrected chi connectivity index (χ3v) is 11.7. The molecule has 1 aromatic carbocycles. The van der Waals surface area contributed by atoms with Crippen LogP contribution < -0.4 is 11.1 Å². The van der Waals surface area contributed by atoms with Gasteiger partial charge in [0.15, 0.2) is 11.0 Å². The molecule has 3 N–H and O–H groups in total. The molecule has 3 heterocycles. The molecule has 43 heavy (non-hydrogen) atoms. The van der Waals surface area contributed by atoms with Gasteiger partial charge in [0, 0.05) is 35.2 Å². The average Bonchev–Trinajstić information content (AvgIpc) is 3.41. The summed E-state index contributed by atoms with van der Waals surface area (Å²) in [6.07, 6.45) is 6.31. The number of benzene rings is 1. The van der Waals surface area contributed by atoms with Gasteiger partial charge in [-0.2, -0.15) is 0 Å². The Balaban J connectivity index is 1.48. The summed E-state index contributed by atoms with van der Waals surface area (Å²) in [5.74, 6) is -3.05. The topological polar surface area (TPSA) is 111 Å². The first-order valence-corrected chi connectivity index (χ1v) is 15.9. The van der Waals surface area contributed by atoms with E-state index in [0.29, 0.717) is 30.0 Å². The van der Waals surface area contributed by atoms with Crippen molar-refractivity contribution < 1.29 is 23.5 Å². The number of pyridine rings is 1. The number of ketones is 1. The molecule has 1 aromatic heterocycles. The molecule has 0 radical (unpaired) electrons. The molecular weight excluding hydrogens is 592 g/mol. The molecule has 2 aliphatic heterocycles. The van der Waals surface area contributed by atoms with Gasteiger partial charge in [-0.05, 0) is 97.9 Å². The van der Waals surface area contributed by atoms with Crippen molar-refractivity contribution in [2.75, 3.05) is 11.9 Å². The Morgan fingerprint density at radius 2 is 1.84 bits per heavy atom. The van der Waals surface area contributed by atoms with Crippen molar-refractivity contribution in [3.05, 3.63) is 57.6 Å². The number of hydrogen-bond acceptors (Lipinski definition) is 5. The molecule has 2 aromatic rings. The molecule has 10 heteroatoms. The zero-order chi connectivity index (χ0) is 30.9. The summed E-state index contributed by atoms with van der Waals surface area (Å²) in [4.78, 5) is 44.9. The largest absolute Gasteiger partial charge is 0.367 e. The van der Waals surface area contributed by atoms with Crippen LogP contribution in [0.1, 0.15) is 89.2 Å². The van der Waals surface area contributed by atoms with Gasteiger partial charge >= 0.3 is 0 Å². The molecule has 0 bridgehead atoms. The standard InChI is InChI=1S/C33H38Cl2FN3O4/c1-30(2)9-11-32(12-10-30)16-21(24(40)14-18-6-8-31(3,28(37)41)43-17-18)25(20-7-13-38-27(35)26(20)36)33(32)22-5-4-19(34)15-23(22)39-29(33)42/h4-5,7,13,15,18,21,25H,6,8-12,14,16-17H2,1-3H3,(H2,37,41)(H,39,42)/t18-,21-,25-,31-,33+/m0/s1. The lowest BCUT2D eigenvalue weighted by molar-refractivity contribution is -0.152. The smallest absolute Gasteiger partial charge is 0.249 e. The second-order valence-corrected chi connectivity index (χ2v) is 15.0. The van der Waals surface area contributed by atoms with Crippen molar-refractivity contribution in [2.24, 2.45) is 28.4 Å². The van der Waals surface area contributed by atoms with Crippen LogP contribution in [0.3, 0.4) is 0 Å². The average molecular weight is 631 g/mol. The molecule has 1 saturated heterocycles. The third kappa shape index (κ3) is 4.70. The minimum atomic E-state index is -1.21. The monoisotopic (exact) mass is 629 g/mol. The van der Waals surface area contributed by atoms with Crippen molar-refractivity contribution in [1.29, 1.82) is 0 Å². The number of hydrogen-bond donors (Lipinski definition) is 2. The van der Waals surface area contributed by atoms with E-state index in [-0.39, 0.29) is 46.8 Å². The number of rotatable bonds is 5. The highest BCUT2D eigenvalue weighted by Crippen LogP contribution is 2.72. The lowest BCUT2D eigenvalue weighted by Crippen LogP contribution is -2.52. The number of carbonyl (C=O) groups excluding carboxylic acids is 3. The summed E-state index contributed by atoms with van der Waals surface area (Å²) in [5.41, 5.74) is 4.38. The van der Waals surface area contributed by atoms with Crippen LogP contribution in [0.4, 0.5) is 10.1 Å². The van der Waals surface area contributed by atoms with Crippen molar-refractivity contribution in [3.63, 3.8) is 0 Å². The molecule has 6 rings (SSSR count). The van der Waals surface area contributed by atoms with Crippen LogP contribution >= 0.6 is 23.2 Å². The molecule has 0 unspecified atom stereocenters. The Bertz CT molecular complexity index is 1490. The van der Waals surface area contributed by atoms with Crippen LogP contribution in [0.5, 0.6) is 0 Å². The number of aromatic nitrogens is 1. The number of primary amides is 1. The van der Waals surface area contributed by atoms with Gasteiger partial charge in [0.2, 0.25) is 11.8 Å². The number of carbonyl (C=O) groups is 3. The fraction of sp³-hybridized carbons (Fsp3) is 0.576. The van der Waals surface area contributed by atoms with E-state index in [1.807, 2.05) is 6.07 Å². The first-order chi connectivity index (χ1) is 20.2. The second-order valence-electron chi connectivity index (χ2n) is 14.2. The molecule has 4 aliphatic rings. The van der Waals surface area contributed by atoms with Gasteiger partial charge in [-0.25, -0.2) is 9.37 Å². The number of halogens is 3. The minimum absolute atomic E-state index is 0.0371. The molecule has 2 amide bonds. The zero-order valence-corrected chi connectivity index (χ0v) is 26.3. The van der Waals surface area contributed by atoms with E-state index in [0.717, 1.165) is 31.2 Å². The lowest BCUT2D eigenvalue weighted by Gasteiger charge is -2.51. The van der Waals surface area contributed by atoms with Crippen molar-refractivity contribution in [3.8, 4) is 0 Å². The van der Waals surface area contributed by atoms with Crippen LogP contribution in [0.25, 0.3) is 0 Å². The number of anilines is 1. The summed E-state index contributed by atoms with van der Waals surface area (Å²) in [7, 11) is 0. The molecule has 7 nitrogen and oxygen atoms in total. The fourth-order valence-electron chi connectivity index (χ4n) is 8.63. The van der Waals surface area contributed by atoms with Gasteiger partial charge in [0.05, 0.1) is 12.0 Å². The fourth-order valence-corrected chi connectivity index (χ4v) is 8.96. The predicted molar refractivity (Wildman–Crippen MR) is 162 cm³/mol. The maximum absolute atomic E-state index is 16.1. The van der Waals surface area contributed by atoms with Gasteiger partial charge in [-0.1, -0.05) is 43.1 Å². The summed E-state index contributed by atoms with van der Waals surface area (Å²) < 4.78 is 21.9. The molecule has 2 aliphatic carbocycles. The Labute approximate surface area is 261 Å². The van der Waals surface area contributed by atoms with Gasteiger partial charge < -0.3 is 15.8 Å². The number of nitrogens with zero attached hydrogens (tertiary/aromatic N) is 1. The summed E-state index contributed by atoms with van der Waals surface area (Å²) in [6.45, 7) is 6.37. The molecule has 2 saturated carbocycles. The number of Topliss-reactive ketones (excluding diaryl/α,β-unsaturated/α-hetero) is 1. The van der Waals surface area contributed by atoms with Crippen LogP contribution in [0, 0.1) is 28.5 Å². The summed E-state index contributed by atoms with van der Waals surface area (Å²) >= 11 is 12.6. The zero-order valence-electron chi connectivity index (χ0n) is 24.8. The van der Waals surface area contributed by atoms with Gasteiger partial charge in [0.25, 0.3) is 0 Å². The Morgan fingerprint density at radius 1 is 1.12 bits per heavy atom. The van der Waals surface area contributed by atoms with Crippen molar-refractivity contribution >= 4 is 46.5 Å². The highest BCUT2D eigenvalue weighted by atomic mass is 35.5. The maximum atomic E-state index is 16.1. The van der Waals surface area contributed by atoms with E-state index in [9.17, 15) is 14.4 Å². The quantitative estimate of drug-likeness (QED) is 0.356. The second kappa shape index (κ2) is 10.5. The van der Waals surface area contributed by atoms with Crippen LogP contribution in [0.2, 0.25) is 10.2 Å². The molecule has 3 fully saturated rings. The maximum Gasteiger partial charge on any atom is 0.249 e. The number of ether oxygens (including phenoxy) is 1. The SMILES string of the molecule is CC1(C)CCC2(CC1)C[C@@H](C(=O)C[C@@H]1CC[C@@](C)(C(N)=O)OC1)[C@H](c1ccnc(Cl)c1F)[C@]21C(=O)Nc2cc(Cl)ccc21. The van der Waals surface area contributed by atoms with E-state index >= 15 is 4.39 Å². The number of amides is 2. The first kappa shape index (κ1) is 30.5. The van der Waals surface area contributed by atoms with Crippen LogP contribution in [0.15, 0.2) is 30.5 Å². The van der Waals surface area contributed by atoms with Gasteiger partial charge in [0.1, 0.15) is 11.4 Å². The number of nitrogens with two attached hydrogens (primary N) is 1. The Morgan fingerprint density at radius 3 is 2.49 bits per heavy atom. The molecule has 230 valence electrons. The van der Waals surface area contributed by atoms with E-state index in [1.165, 1.54) is 6.20 Å². The summed E-state index contributed by atoms with van der Waals surface area (Å²) in [6, 6.07) is 6.95. The van der Waals surface area contributed by atoms with Crippen LogP contribution in [-0.4, -0.2) is 34.8 Å². The number of fused-ring (bicyclic) bond motifs is 3. The van der Waals surface area contributed by atoms with Crippen LogP contribution in [-0.2, 0) is 24.5 Å². The van der Waals surface area contributed by atoms with Crippen molar-refractivity contribution in [2.45, 2.75) is 89.1 Å². The van der Waals surface area contributed by atoms with E-state index in [4.69, 9.17) is 33.7 Å². The minimum Gasteiger partial charge on any atom is -0.367 e. The normalized spacial score (nSPS) is 32.5. The van der Waals surface area contributed by atoms with Crippen molar-refractivity contribution in [1.82, 2.24) is 4.98 Å². The Kier molecular flexibility index (Phi) is 7.46. The predicted octanol–water partition coefficient (Wildman–Crippen LogP) is 6.74. The molecule has 2 spiro atoms. The third-order valence-electron chi connectivity index (χ3n) is 11.2. The van der Waals surface area contributed by atoms with Gasteiger partial charge in [-0.15, -0.1) is 0 Å². The van der Waals surface area contributed by atoms with Gasteiger partial charge in [-0.3, -0.25) is 14.4 Å². The van der Waals surface area contributed by atoms with E-state index < -0.39 is 40.0 Å².